The smallest absolute Gasteiger partial charge is 0.401 e. The van der Waals surface area contributed by atoms with Gasteiger partial charge in [0.15, 0.2) is 0 Å². The number of carbonyl (C=O) groups excluding carboxylic acids is 1. The zero-order valence-electron chi connectivity index (χ0n) is 13.7. The van der Waals surface area contributed by atoms with E-state index in [2.05, 4.69) is 17.0 Å². The molecule has 7 nitrogen and oxygen atoms in total. The molecule has 1 amide bonds. The Morgan fingerprint density at radius 1 is 1.12 bits per heavy atom. The summed E-state index contributed by atoms with van der Waals surface area (Å²) in [6.07, 6.45) is 2.86. The minimum Gasteiger partial charge on any atom is -0.401 e. The fourth-order valence-corrected chi connectivity index (χ4v) is 2.76. The summed E-state index contributed by atoms with van der Waals surface area (Å²) in [6, 6.07) is 13.0. The van der Waals surface area contributed by atoms with Crippen LogP contribution in [0.3, 0.4) is 0 Å². The van der Waals surface area contributed by atoms with Crippen molar-refractivity contribution in [2.45, 2.75) is 6.54 Å². The Balaban J connectivity index is 1.49. The second-order valence-corrected chi connectivity index (χ2v) is 5.85. The fraction of sp³-hybridized carbons (Fsp3) is 0.278. The largest absolute Gasteiger partial charge is 0.433 e. The SMILES string of the molecule is O=C(/C=C/c1ccc([N+](=O)[O-])o1)N1CCN(Cc2ccccc2)CC1. The standard InChI is InChI=1S/C18H19N3O4/c22-17(8-6-16-7-9-18(25-16)21(23)24)20-12-10-19(11-13-20)14-15-4-2-1-3-5-15/h1-9H,10-14H2/b8-6+. The van der Waals surface area contributed by atoms with E-state index in [1.54, 1.807) is 4.90 Å². The summed E-state index contributed by atoms with van der Waals surface area (Å²) < 4.78 is 5.00. The van der Waals surface area contributed by atoms with Gasteiger partial charge in [-0.25, -0.2) is 0 Å². The van der Waals surface area contributed by atoms with Crippen LogP contribution < -0.4 is 0 Å². The molecule has 0 bridgehead atoms. The molecule has 0 spiro atoms. The molecule has 0 unspecified atom stereocenters. The molecule has 1 aliphatic rings. The van der Waals surface area contributed by atoms with Gasteiger partial charge in [-0.05, 0) is 17.7 Å². The molecule has 2 heterocycles. The molecule has 2 aromatic rings. The van der Waals surface area contributed by atoms with E-state index in [4.69, 9.17) is 4.42 Å². The van der Waals surface area contributed by atoms with Crippen LogP contribution in [0.15, 0.2) is 53.0 Å². The summed E-state index contributed by atoms with van der Waals surface area (Å²) in [5.41, 5.74) is 1.27. The maximum Gasteiger partial charge on any atom is 0.433 e. The van der Waals surface area contributed by atoms with Crippen molar-refractivity contribution in [2.75, 3.05) is 26.2 Å². The molecule has 130 valence electrons. The number of rotatable bonds is 5. The summed E-state index contributed by atoms with van der Waals surface area (Å²) >= 11 is 0. The van der Waals surface area contributed by atoms with Crippen molar-refractivity contribution in [3.63, 3.8) is 0 Å². The third kappa shape index (κ3) is 4.54. The molecule has 1 saturated heterocycles. The van der Waals surface area contributed by atoms with Crippen LogP contribution in [0.5, 0.6) is 0 Å². The Hall–Kier alpha value is -2.93. The Kier molecular flexibility index (Phi) is 5.25. The zero-order valence-corrected chi connectivity index (χ0v) is 13.7. The number of piperazine rings is 1. The number of benzene rings is 1. The van der Waals surface area contributed by atoms with Crippen molar-refractivity contribution < 1.29 is 14.1 Å². The first-order chi connectivity index (χ1) is 12.1. The lowest BCUT2D eigenvalue weighted by atomic mass is 10.2. The minimum atomic E-state index is -0.606. The van der Waals surface area contributed by atoms with Crippen LogP contribution in [0.2, 0.25) is 0 Å². The predicted octanol–water partition coefficient (Wildman–Crippen LogP) is 2.55. The van der Waals surface area contributed by atoms with Crippen molar-refractivity contribution in [3.05, 3.63) is 70.0 Å². The van der Waals surface area contributed by atoms with Gasteiger partial charge in [-0.15, -0.1) is 0 Å². The van der Waals surface area contributed by atoms with Crippen LogP contribution in [0.4, 0.5) is 5.88 Å². The number of hydrogen-bond acceptors (Lipinski definition) is 5. The highest BCUT2D eigenvalue weighted by Crippen LogP contribution is 2.17. The molecule has 7 heteroatoms. The predicted molar refractivity (Wildman–Crippen MR) is 92.7 cm³/mol. The summed E-state index contributed by atoms with van der Waals surface area (Å²) in [5.74, 6) is -0.150. The number of nitrogens with zero attached hydrogens (tertiary/aromatic N) is 3. The molecular formula is C18H19N3O4. The molecule has 1 aliphatic heterocycles. The lowest BCUT2D eigenvalue weighted by Gasteiger charge is -2.34. The summed E-state index contributed by atoms with van der Waals surface area (Å²) in [4.78, 5) is 26.3. The molecule has 0 saturated carbocycles. The van der Waals surface area contributed by atoms with E-state index < -0.39 is 4.92 Å². The number of carbonyl (C=O) groups is 1. The van der Waals surface area contributed by atoms with E-state index >= 15 is 0 Å². The van der Waals surface area contributed by atoms with Gasteiger partial charge in [0.05, 0.1) is 6.07 Å². The quantitative estimate of drug-likeness (QED) is 0.474. The van der Waals surface area contributed by atoms with Crippen LogP contribution in [-0.2, 0) is 11.3 Å². The Labute approximate surface area is 145 Å². The van der Waals surface area contributed by atoms with E-state index in [0.717, 1.165) is 19.6 Å². The third-order valence-corrected chi connectivity index (χ3v) is 4.12. The molecule has 0 radical (unpaired) electrons. The van der Waals surface area contributed by atoms with Gasteiger partial charge in [-0.3, -0.25) is 19.8 Å². The van der Waals surface area contributed by atoms with E-state index in [1.165, 1.54) is 29.8 Å². The highest BCUT2D eigenvalue weighted by molar-refractivity contribution is 5.91. The third-order valence-electron chi connectivity index (χ3n) is 4.12. The number of furan rings is 1. The fourth-order valence-electron chi connectivity index (χ4n) is 2.76. The van der Waals surface area contributed by atoms with Gasteiger partial charge in [0.1, 0.15) is 10.7 Å². The first-order valence-electron chi connectivity index (χ1n) is 8.09. The van der Waals surface area contributed by atoms with Gasteiger partial charge in [-0.1, -0.05) is 30.3 Å². The maximum atomic E-state index is 12.2. The van der Waals surface area contributed by atoms with Crippen molar-refractivity contribution in [1.29, 1.82) is 0 Å². The topological polar surface area (TPSA) is 79.8 Å². The molecule has 25 heavy (non-hydrogen) atoms. The van der Waals surface area contributed by atoms with Gasteiger partial charge in [0.2, 0.25) is 5.91 Å². The van der Waals surface area contributed by atoms with Crippen LogP contribution in [0.25, 0.3) is 6.08 Å². The van der Waals surface area contributed by atoms with Crippen LogP contribution in [0.1, 0.15) is 11.3 Å². The molecule has 0 aliphatic carbocycles. The van der Waals surface area contributed by atoms with E-state index in [9.17, 15) is 14.9 Å². The normalized spacial score (nSPS) is 15.6. The minimum absolute atomic E-state index is 0.113. The summed E-state index contributed by atoms with van der Waals surface area (Å²) in [6.45, 7) is 3.85. The average molecular weight is 341 g/mol. The van der Waals surface area contributed by atoms with Crippen LogP contribution >= 0.6 is 0 Å². The monoisotopic (exact) mass is 341 g/mol. The Bertz CT molecular complexity index is 762. The number of hydrogen-bond donors (Lipinski definition) is 0. The van der Waals surface area contributed by atoms with Gasteiger partial charge in [0, 0.05) is 38.8 Å². The molecule has 0 atom stereocenters. The number of nitro groups is 1. The van der Waals surface area contributed by atoms with E-state index in [0.29, 0.717) is 18.8 Å². The van der Waals surface area contributed by atoms with Gasteiger partial charge in [0.25, 0.3) is 0 Å². The van der Waals surface area contributed by atoms with Gasteiger partial charge < -0.3 is 9.32 Å². The zero-order chi connectivity index (χ0) is 17.6. The van der Waals surface area contributed by atoms with E-state index in [-0.39, 0.29) is 11.8 Å². The van der Waals surface area contributed by atoms with Crippen LogP contribution in [-0.4, -0.2) is 46.8 Å². The van der Waals surface area contributed by atoms with Crippen molar-refractivity contribution >= 4 is 17.9 Å². The molecule has 1 aromatic heterocycles. The number of amides is 1. The van der Waals surface area contributed by atoms with Crippen molar-refractivity contribution in [1.82, 2.24) is 9.80 Å². The summed E-state index contributed by atoms with van der Waals surface area (Å²) in [7, 11) is 0. The second-order valence-electron chi connectivity index (χ2n) is 5.85. The highest BCUT2D eigenvalue weighted by Gasteiger charge is 2.19. The van der Waals surface area contributed by atoms with Crippen LogP contribution in [0, 0.1) is 10.1 Å². The summed E-state index contributed by atoms with van der Waals surface area (Å²) in [5, 5.41) is 10.6. The Morgan fingerprint density at radius 3 is 2.48 bits per heavy atom. The molecule has 0 N–H and O–H groups in total. The molecule has 1 fully saturated rings. The molecule has 3 rings (SSSR count). The van der Waals surface area contributed by atoms with Gasteiger partial charge >= 0.3 is 5.88 Å². The molecular weight excluding hydrogens is 322 g/mol. The maximum absolute atomic E-state index is 12.2. The van der Waals surface area contributed by atoms with Crippen molar-refractivity contribution in [2.24, 2.45) is 0 Å². The highest BCUT2D eigenvalue weighted by atomic mass is 16.6. The van der Waals surface area contributed by atoms with E-state index in [1.807, 2.05) is 18.2 Å². The van der Waals surface area contributed by atoms with Gasteiger partial charge in [-0.2, -0.15) is 0 Å². The molecule has 1 aromatic carbocycles. The lowest BCUT2D eigenvalue weighted by molar-refractivity contribution is -0.402. The first kappa shape index (κ1) is 16.9. The average Bonchev–Trinajstić information content (AvgIpc) is 3.11. The Morgan fingerprint density at radius 2 is 1.84 bits per heavy atom. The van der Waals surface area contributed by atoms with Crippen molar-refractivity contribution in [3.8, 4) is 0 Å². The lowest BCUT2D eigenvalue weighted by Crippen LogP contribution is -2.47. The second kappa shape index (κ2) is 7.76. The first-order valence-corrected chi connectivity index (χ1v) is 8.09.